The lowest BCUT2D eigenvalue weighted by atomic mass is 10.0. The number of carbonyl (C=O) groups is 3. The van der Waals surface area contributed by atoms with Crippen LogP contribution in [-0.4, -0.2) is 78.6 Å². The predicted octanol–water partition coefficient (Wildman–Crippen LogP) is 4.67. The Kier molecular flexibility index (Phi) is 10.7. The van der Waals surface area contributed by atoms with Gasteiger partial charge in [0.1, 0.15) is 0 Å². The average molecular weight is 581 g/mol. The quantitative estimate of drug-likeness (QED) is 0.494. The molecule has 1 unspecified atom stereocenters. The number of hydrogen-bond acceptors (Lipinski definition) is 5. The Morgan fingerprint density at radius 3 is 1.95 bits per heavy atom. The molecule has 1 amide bonds. The van der Waals surface area contributed by atoms with Crippen LogP contribution in [-0.2, 0) is 20.9 Å². The van der Waals surface area contributed by atoms with Crippen LogP contribution >= 0.6 is 0 Å². The summed E-state index contributed by atoms with van der Waals surface area (Å²) in [7, 11) is 0. The van der Waals surface area contributed by atoms with Crippen molar-refractivity contribution in [2.45, 2.75) is 76.7 Å². The van der Waals surface area contributed by atoms with Gasteiger partial charge in [0.15, 0.2) is 0 Å². The summed E-state index contributed by atoms with van der Waals surface area (Å²) in [5.41, 5.74) is 2.46. The van der Waals surface area contributed by atoms with Crippen molar-refractivity contribution in [3.05, 3.63) is 53.9 Å². The zero-order chi connectivity index (χ0) is 30.4. The summed E-state index contributed by atoms with van der Waals surface area (Å²) in [6.45, 7) is 8.37. The van der Waals surface area contributed by atoms with Gasteiger partial charge in [-0.25, -0.2) is 9.59 Å². The molecular weight excluding hydrogens is 550 g/mol. The normalized spacial score (nSPS) is 19.9. The third-order valence-electron chi connectivity index (χ3n) is 6.41. The van der Waals surface area contributed by atoms with Gasteiger partial charge in [-0.2, -0.15) is 31.4 Å². The number of aromatic nitrogens is 2. The lowest BCUT2D eigenvalue weighted by Gasteiger charge is -2.31. The summed E-state index contributed by atoms with van der Waals surface area (Å²) < 4.78 is 65.5. The van der Waals surface area contributed by atoms with Gasteiger partial charge in [-0.05, 0) is 32.8 Å². The molecule has 0 aliphatic carbocycles. The molecule has 9 nitrogen and oxygen atoms in total. The molecule has 222 valence electrons. The molecule has 15 heteroatoms. The maximum absolute atomic E-state index is 12.8. The summed E-state index contributed by atoms with van der Waals surface area (Å²) in [5, 5.41) is 18.7. The van der Waals surface area contributed by atoms with Crippen molar-refractivity contribution in [3.63, 3.8) is 0 Å². The number of halogens is 6. The van der Waals surface area contributed by atoms with Crippen molar-refractivity contribution in [3.8, 4) is 0 Å². The average Bonchev–Trinajstić information content (AvgIpc) is 3.55. The summed E-state index contributed by atoms with van der Waals surface area (Å²) in [6.07, 6.45) is -4.36. The van der Waals surface area contributed by atoms with E-state index in [0.717, 1.165) is 19.5 Å². The van der Waals surface area contributed by atoms with Crippen molar-refractivity contribution in [2.24, 2.45) is 0 Å². The van der Waals surface area contributed by atoms with E-state index < -0.39 is 24.3 Å². The second-order valence-corrected chi connectivity index (χ2v) is 9.51. The Labute approximate surface area is 226 Å². The fraction of sp³-hybridized carbons (Fsp3) is 0.520. The van der Waals surface area contributed by atoms with Crippen molar-refractivity contribution < 1.29 is 50.9 Å². The van der Waals surface area contributed by atoms with Crippen LogP contribution < -0.4 is 0 Å². The highest BCUT2D eigenvalue weighted by Crippen LogP contribution is 2.38. The first-order valence-electron chi connectivity index (χ1n) is 12.2. The molecule has 1 aromatic heterocycles. The van der Waals surface area contributed by atoms with E-state index in [2.05, 4.69) is 66.1 Å². The number of rotatable bonds is 5. The SMILES string of the molecule is CC(c1ccccc1)N1C(=O)C[C@H]2[C@@H]1CCN2Cc1cnn(C(C)C)c1.O=C(O)C(F)(F)F.O=C(O)C(F)(F)F. The lowest BCUT2D eigenvalue weighted by Crippen LogP contribution is -2.38. The van der Waals surface area contributed by atoms with Gasteiger partial charge in [0, 0.05) is 49.4 Å². The van der Waals surface area contributed by atoms with E-state index in [4.69, 9.17) is 19.8 Å². The van der Waals surface area contributed by atoms with Gasteiger partial charge in [0.05, 0.1) is 12.2 Å². The summed E-state index contributed by atoms with van der Waals surface area (Å²) in [6, 6.07) is 11.6. The standard InChI is InChI=1S/C21H28N4O.2C2HF3O2/c1-15(2)24-14-17(12-22-24)13-23-10-9-19-20(23)11-21(26)25(19)16(3)18-7-5-4-6-8-18;2*3-2(4,5)1(6)7/h4-8,12,14-16,19-20H,9-11,13H2,1-3H3;2*(H,6,7)/t16?,19-,20-;;/m0../s1. The Morgan fingerprint density at radius 2 is 1.50 bits per heavy atom. The van der Waals surface area contributed by atoms with Gasteiger partial charge >= 0.3 is 24.3 Å². The third-order valence-corrected chi connectivity index (χ3v) is 6.41. The molecule has 4 rings (SSSR count). The van der Waals surface area contributed by atoms with E-state index in [9.17, 15) is 31.1 Å². The molecule has 1 aromatic carbocycles. The molecule has 3 atom stereocenters. The van der Waals surface area contributed by atoms with Crippen molar-refractivity contribution in [2.75, 3.05) is 6.54 Å². The Hall–Kier alpha value is -3.62. The van der Waals surface area contributed by atoms with Crippen LogP contribution in [0.4, 0.5) is 26.3 Å². The van der Waals surface area contributed by atoms with Crippen LogP contribution in [0.1, 0.15) is 56.8 Å². The molecule has 2 aromatic rings. The molecule has 2 aliphatic rings. The van der Waals surface area contributed by atoms with Gasteiger partial charge in [-0.3, -0.25) is 14.4 Å². The van der Waals surface area contributed by atoms with Gasteiger partial charge in [0.2, 0.25) is 5.91 Å². The minimum Gasteiger partial charge on any atom is -0.475 e. The summed E-state index contributed by atoms with van der Waals surface area (Å²) >= 11 is 0. The molecular formula is C25H30F6N4O5. The van der Waals surface area contributed by atoms with E-state index >= 15 is 0 Å². The molecule has 2 aliphatic heterocycles. The smallest absolute Gasteiger partial charge is 0.475 e. The number of carboxylic acids is 2. The zero-order valence-electron chi connectivity index (χ0n) is 21.9. The molecule has 2 fully saturated rings. The van der Waals surface area contributed by atoms with E-state index in [0.29, 0.717) is 30.5 Å². The van der Waals surface area contributed by atoms with Crippen molar-refractivity contribution >= 4 is 17.8 Å². The lowest BCUT2D eigenvalue weighted by molar-refractivity contribution is -0.193. The molecule has 0 radical (unpaired) electrons. The zero-order valence-corrected chi connectivity index (χ0v) is 21.9. The maximum Gasteiger partial charge on any atom is 0.490 e. The number of nitrogens with zero attached hydrogens (tertiary/aromatic N) is 4. The first-order valence-corrected chi connectivity index (χ1v) is 12.2. The van der Waals surface area contributed by atoms with Gasteiger partial charge in [-0.1, -0.05) is 30.3 Å². The Balaban J connectivity index is 0.000000333. The van der Waals surface area contributed by atoms with E-state index in [1.807, 2.05) is 16.9 Å². The molecule has 0 bridgehead atoms. The van der Waals surface area contributed by atoms with Crippen LogP contribution in [0.3, 0.4) is 0 Å². The highest BCUT2D eigenvalue weighted by Gasteiger charge is 2.48. The number of amides is 1. The number of carbonyl (C=O) groups excluding carboxylic acids is 1. The van der Waals surface area contributed by atoms with Crippen LogP contribution in [0.2, 0.25) is 0 Å². The number of benzene rings is 1. The Bertz CT molecular complexity index is 1130. The molecule has 40 heavy (non-hydrogen) atoms. The first kappa shape index (κ1) is 32.6. The topological polar surface area (TPSA) is 116 Å². The maximum atomic E-state index is 12.8. The van der Waals surface area contributed by atoms with Gasteiger partial charge < -0.3 is 15.1 Å². The Morgan fingerprint density at radius 1 is 0.975 bits per heavy atom. The molecule has 3 heterocycles. The van der Waals surface area contributed by atoms with Crippen molar-refractivity contribution in [1.82, 2.24) is 19.6 Å². The predicted molar refractivity (Wildman–Crippen MR) is 129 cm³/mol. The van der Waals surface area contributed by atoms with E-state index in [1.54, 1.807) is 0 Å². The largest absolute Gasteiger partial charge is 0.490 e. The number of fused-ring (bicyclic) bond motifs is 1. The third kappa shape index (κ3) is 8.69. The van der Waals surface area contributed by atoms with E-state index in [-0.39, 0.29) is 6.04 Å². The van der Waals surface area contributed by atoms with Crippen LogP contribution in [0.5, 0.6) is 0 Å². The van der Waals surface area contributed by atoms with Crippen molar-refractivity contribution in [1.29, 1.82) is 0 Å². The van der Waals surface area contributed by atoms with Gasteiger partial charge in [0.25, 0.3) is 0 Å². The van der Waals surface area contributed by atoms with Crippen LogP contribution in [0.25, 0.3) is 0 Å². The molecule has 2 saturated heterocycles. The fourth-order valence-electron chi connectivity index (χ4n) is 4.53. The highest BCUT2D eigenvalue weighted by atomic mass is 19.4. The monoisotopic (exact) mass is 580 g/mol. The van der Waals surface area contributed by atoms with E-state index in [1.165, 1.54) is 11.1 Å². The highest BCUT2D eigenvalue weighted by molar-refractivity contribution is 5.81. The second-order valence-electron chi connectivity index (χ2n) is 9.51. The molecule has 0 saturated carbocycles. The van der Waals surface area contributed by atoms with Crippen LogP contribution in [0, 0.1) is 0 Å². The fourth-order valence-corrected chi connectivity index (χ4v) is 4.53. The van der Waals surface area contributed by atoms with Crippen LogP contribution in [0.15, 0.2) is 42.7 Å². The number of likely N-dealkylation sites (tertiary alicyclic amines) is 2. The molecule has 0 spiro atoms. The summed E-state index contributed by atoms with van der Waals surface area (Å²) in [5.74, 6) is -5.22. The minimum atomic E-state index is -5.08. The first-order chi connectivity index (χ1) is 18.4. The summed E-state index contributed by atoms with van der Waals surface area (Å²) in [4.78, 5) is 35.2. The number of aliphatic carboxylic acids is 2. The number of alkyl halides is 6. The minimum absolute atomic E-state index is 0.141. The number of carboxylic acid groups (broad SMARTS) is 2. The van der Waals surface area contributed by atoms with Gasteiger partial charge in [-0.15, -0.1) is 0 Å². The second kappa shape index (κ2) is 13.2. The molecule has 2 N–H and O–H groups in total. The number of hydrogen-bond donors (Lipinski definition) is 2.